The molecule has 19 heavy (non-hydrogen) atoms. The highest BCUT2D eigenvalue weighted by atomic mass is 35.5. The molecule has 4 heteroatoms. The van der Waals surface area contributed by atoms with Crippen molar-refractivity contribution in [3.05, 3.63) is 22.7 Å². The number of ether oxygens (including phenoxy) is 2. The van der Waals surface area contributed by atoms with Crippen LogP contribution in [0.15, 0.2) is 12.1 Å². The molecule has 0 radical (unpaired) electrons. The Labute approximate surface area is 120 Å². The second-order valence-electron chi connectivity index (χ2n) is 5.74. The molecular weight excluding hydrogens is 262 g/mol. The average Bonchev–Trinajstić information content (AvgIpc) is 2.83. The first-order valence-corrected chi connectivity index (χ1v) is 7.13. The zero-order valence-corrected chi connectivity index (χ0v) is 12.6. The van der Waals surface area contributed by atoms with Gasteiger partial charge in [-0.1, -0.05) is 11.6 Å². The molecule has 1 aliphatic rings. The van der Waals surface area contributed by atoms with Crippen LogP contribution in [-0.4, -0.2) is 13.2 Å². The fraction of sp³-hybridized carbons (Fsp3) is 0.600. The van der Waals surface area contributed by atoms with Gasteiger partial charge < -0.3 is 15.2 Å². The van der Waals surface area contributed by atoms with Crippen molar-refractivity contribution in [3.63, 3.8) is 0 Å². The van der Waals surface area contributed by atoms with Gasteiger partial charge in [-0.15, -0.1) is 0 Å². The Morgan fingerprint density at radius 1 is 1.26 bits per heavy atom. The van der Waals surface area contributed by atoms with Gasteiger partial charge in [0, 0.05) is 5.54 Å². The summed E-state index contributed by atoms with van der Waals surface area (Å²) >= 11 is 6.34. The summed E-state index contributed by atoms with van der Waals surface area (Å²) in [5.74, 6) is 1.30. The van der Waals surface area contributed by atoms with E-state index in [4.69, 9.17) is 26.8 Å². The zero-order chi connectivity index (χ0) is 14.0. The Kier molecular flexibility index (Phi) is 4.26. The maximum absolute atomic E-state index is 6.34. The van der Waals surface area contributed by atoms with Gasteiger partial charge >= 0.3 is 0 Å². The van der Waals surface area contributed by atoms with Crippen molar-refractivity contribution in [2.75, 3.05) is 7.11 Å². The lowest BCUT2D eigenvalue weighted by molar-refractivity contribution is 0.200. The van der Waals surface area contributed by atoms with E-state index in [-0.39, 0.29) is 6.10 Å². The van der Waals surface area contributed by atoms with E-state index < -0.39 is 5.54 Å². The van der Waals surface area contributed by atoms with Crippen LogP contribution in [0.3, 0.4) is 0 Å². The molecule has 3 nitrogen and oxygen atoms in total. The highest BCUT2D eigenvalue weighted by Crippen LogP contribution is 2.40. The molecule has 2 N–H and O–H groups in total. The molecule has 2 rings (SSSR count). The summed E-state index contributed by atoms with van der Waals surface area (Å²) < 4.78 is 11.4. The second kappa shape index (κ2) is 5.59. The average molecular weight is 284 g/mol. The van der Waals surface area contributed by atoms with Gasteiger partial charge in [-0.3, -0.25) is 0 Å². The Balaban J connectivity index is 2.32. The summed E-state index contributed by atoms with van der Waals surface area (Å²) in [6.45, 7) is 3.88. The molecule has 0 bridgehead atoms. The molecular formula is C15H22ClNO2. The smallest absolute Gasteiger partial charge is 0.180 e. The van der Waals surface area contributed by atoms with E-state index in [9.17, 15) is 0 Å². The lowest BCUT2D eigenvalue weighted by atomic mass is 9.95. The minimum atomic E-state index is -0.456. The van der Waals surface area contributed by atoms with Crippen molar-refractivity contribution in [2.24, 2.45) is 5.73 Å². The first-order chi connectivity index (χ1) is 8.91. The molecule has 1 aromatic rings. The predicted octanol–water partition coefficient (Wildman–Crippen LogP) is 3.86. The molecule has 0 saturated heterocycles. The van der Waals surface area contributed by atoms with Gasteiger partial charge in [0.05, 0.1) is 18.2 Å². The molecule has 0 amide bonds. The predicted molar refractivity (Wildman–Crippen MR) is 78.1 cm³/mol. The molecule has 106 valence electrons. The second-order valence-corrected chi connectivity index (χ2v) is 6.14. The van der Waals surface area contributed by atoms with E-state index in [1.165, 1.54) is 12.8 Å². The van der Waals surface area contributed by atoms with Crippen LogP contribution in [0, 0.1) is 0 Å². The van der Waals surface area contributed by atoms with E-state index >= 15 is 0 Å². The summed E-state index contributed by atoms with van der Waals surface area (Å²) in [5, 5.41) is 0.569. The molecule has 0 aliphatic heterocycles. The van der Waals surface area contributed by atoms with E-state index in [1.807, 2.05) is 26.0 Å². The lowest BCUT2D eigenvalue weighted by Crippen LogP contribution is -2.28. The molecule has 0 aromatic heterocycles. The van der Waals surface area contributed by atoms with Crippen molar-refractivity contribution in [2.45, 2.75) is 51.2 Å². The topological polar surface area (TPSA) is 44.5 Å². The Bertz CT molecular complexity index is 448. The van der Waals surface area contributed by atoms with Crippen LogP contribution >= 0.6 is 11.6 Å². The first kappa shape index (κ1) is 14.5. The highest BCUT2D eigenvalue weighted by molar-refractivity contribution is 6.32. The lowest BCUT2D eigenvalue weighted by Gasteiger charge is -2.23. The molecule has 1 fully saturated rings. The Hall–Kier alpha value is -0.930. The standard InChI is InChI=1S/C15H22ClNO2/c1-15(2,17)10-8-12(16)14(13(9-10)18-3)19-11-6-4-5-7-11/h8-9,11H,4-7,17H2,1-3H3. The molecule has 1 aromatic carbocycles. The number of rotatable bonds is 4. The highest BCUT2D eigenvalue weighted by Gasteiger charge is 2.23. The number of methoxy groups -OCH3 is 1. The maximum Gasteiger partial charge on any atom is 0.180 e. The van der Waals surface area contributed by atoms with Crippen molar-refractivity contribution in [3.8, 4) is 11.5 Å². The number of hydrogen-bond donors (Lipinski definition) is 1. The van der Waals surface area contributed by atoms with Gasteiger partial charge in [0.25, 0.3) is 0 Å². The van der Waals surface area contributed by atoms with Crippen LogP contribution in [0.2, 0.25) is 5.02 Å². The van der Waals surface area contributed by atoms with Crippen LogP contribution in [0.1, 0.15) is 45.1 Å². The Morgan fingerprint density at radius 3 is 2.42 bits per heavy atom. The summed E-state index contributed by atoms with van der Waals surface area (Å²) in [7, 11) is 1.63. The third-order valence-corrected chi connectivity index (χ3v) is 3.84. The van der Waals surface area contributed by atoms with Crippen LogP contribution in [0.25, 0.3) is 0 Å². The minimum Gasteiger partial charge on any atom is -0.493 e. The fourth-order valence-corrected chi connectivity index (χ4v) is 2.63. The van der Waals surface area contributed by atoms with Gasteiger partial charge in [-0.05, 0) is 57.2 Å². The monoisotopic (exact) mass is 283 g/mol. The van der Waals surface area contributed by atoms with Crippen molar-refractivity contribution < 1.29 is 9.47 Å². The van der Waals surface area contributed by atoms with E-state index in [0.717, 1.165) is 18.4 Å². The summed E-state index contributed by atoms with van der Waals surface area (Å²) in [6, 6.07) is 3.78. The molecule has 0 spiro atoms. The quantitative estimate of drug-likeness (QED) is 0.912. The van der Waals surface area contributed by atoms with Crippen LogP contribution in [0.5, 0.6) is 11.5 Å². The van der Waals surface area contributed by atoms with Gasteiger partial charge in [0.15, 0.2) is 11.5 Å². The number of halogens is 1. The zero-order valence-electron chi connectivity index (χ0n) is 11.8. The van der Waals surface area contributed by atoms with Crippen molar-refractivity contribution in [1.29, 1.82) is 0 Å². The van der Waals surface area contributed by atoms with E-state index in [1.54, 1.807) is 7.11 Å². The summed E-state index contributed by atoms with van der Waals surface area (Å²) in [5.41, 5.74) is 6.59. The van der Waals surface area contributed by atoms with Gasteiger partial charge in [-0.25, -0.2) is 0 Å². The van der Waals surface area contributed by atoms with Gasteiger partial charge in [0.1, 0.15) is 0 Å². The van der Waals surface area contributed by atoms with Gasteiger partial charge in [0.2, 0.25) is 0 Å². The summed E-state index contributed by atoms with van der Waals surface area (Å²) in [6.07, 6.45) is 4.87. The molecule has 0 heterocycles. The van der Waals surface area contributed by atoms with E-state index in [0.29, 0.717) is 16.5 Å². The minimum absolute atomic E-state index is 0.253. The molecule has 0 atom stereocenters. The number of benzene rings is 1. The number of hydrogen-bond acceptors (Lipinski definition) is 3. The third-order valence-electron chi connectivity index (χ3n) is 3.56. The fourth-order valence-electron chi connectivity index (χ4n) is 2.38. The Morgan fingerprint density at radius 2 is 1.89 bits per heavy atom. The molecule has 0 unspecified atom stereocenters. The van der Waals surface area contributed by atoms with E-state index in [2.05, 4.69) is 0 Å². The summed E-state index contributed by atoms with van der Waals surface area (Å²) in [4.78, 5) is 0. The maximum atomic E-state index is 6.34. The molecule has 1 aliphatic carbocycles. The SMILES string of the molecule is COc1cc(C(C)(C)N)cc(Cl)c1OC1CCCC1. The third kappa shape index (κ3) is 3.34. The van der Waals surface area contributed by atoms with Crippen LogP contribution in [0.4, 0.5) is 0 Å². The van der Waals surface area contributed by atoms with Gasteiger partial charge in [-0.2, -0.15) is 0 Å². The largest absolute Gasteiger partial charge is 0.493 e. The first-order valence-electron chi connectivity index (χ1n) is 6.75. The molecule has 1 saturated carbocycles. The normalized spacial score (nSPS) is 16.7. The number of nitrogens with two attached hydrogens (primary N) is 1. The van der Waals surface area contributed by atoms with Crippen LogP contribution in [-0.2, 0) is 5.54 Å². The van der Waals surface area contributed by atoms with Crippen LogP contribution < -0.4 is 15.2 Å². The van der Waals surface area contributed by atoms with Crippen molar-refractivity contribution in [1.82, 2.24) is 0 Å². The van der Waals surface area contributed by atoms with Crippen molar-refractivity contribution >= 4 is 11.6 Å².